The second-order valence-electron chi connectivity index (χ2n) is 26.3. The van der Waals surface area contributed by atoms with Gasteiger partial charge in [0.2, 0.25) is 0 Å². The molecule has 6 aromatic carbocycles. The predicted molar refractivity (Wildman–Crippen MR) is 421 cm³/mol. The van der Waals surface area contributed by atoms with E-state index in [9.17, 15) is 28.8 Å². The molecule has 12 rings (SSSR count). The van der Waals surface area contributed by atoms with Gasteiger partial charge in [-0.15, -0.1) is 0 Å². The minimum Gasteiger partial charge on any atom is -0.378 e. The number of aliphatic imine (C=N–C) groups is 1. The number of amidine groups is 3. The molecule has 0 unspecified atom stereocenters. The van der Waals surface area contributed by atoms with Crippen LogP contribution in [0, 0.1) is 10.8 Å². The summed E-state index contributed by atoms with van der Waals surface area (Å²) in [6.07, 6.45) is 10.3. The zero-order valence-electron chi connectivity index (χ0n) is 59.8. The van der Waals surface area contributed by atoms with E-state index in [0.29, 0.717) is 94.3 Å². The first-order valence-corrected chi connectivity index (χ1v) is 35.6. The van der Waals surface area contributed by atoms with E-state index in [-0.39, 0.29) is 54.3 Å². The summed E-state index contributed by atoms with van der Waals surface area (Å²) in [6, 6.07) is 48.1. The summed E-state index contributed by atoms with van der Waals surface area (Å²) in [5.41, 5.74) is 9.98. The second kappa shape index (κ2) is 35.8. The van der Waals surface area contributed by atoms with Gasteiger partial charge in [0.1, 0.15) is 35.0 Å². The van der Waals surface area contributed by atoms with Gasteiger partial charge in [-0.25, -0.2) is 15.0 Å². The molecule has 3 aromatic heterocycles. The lowest BCUT2D eigenvalue weighted by Gasteiger charge is -2.29. The molecule has 0 bridgehead atoms. The highest BCUT2D eigenvalue weighted by atomic mass is 35.5. The predicted octanol–water partition coefficient (Wildman–Crippen LogP) is 14.4. The number of likely N-dealkylation sites (tertiary alicyclic amines) is 2. The van der Waals surface area contributed by atoms with Crippen molar-refractivity contribution in [3.63, 3.8) is 0 Å². The molecule has 24 heteroatoms. The second-order valence-corrected chi connectivity index (χ2v) is 27.6. The number of aromatic nitrogens is 3. The van der Waals surface area contributed by atoms with E-state index in [4.69, 9.17) is 45.6 Å². The van der Waals surface area contributed by atoms with Crippen LogP contribution in [0.4, 0.5) is 34.5 Å². The lowest BCUT2D eigenvalue weighted by atomic mass is 9.96. The number of piperidine rings is 1. The molecular formula is C81H84Cl3N15O6. The number of halogens is 3. The van der Waals surface area contributed by atoms with Gasteiger partial charge in [0.05, 0.1) is 21.6 Å². The van der Waals surface area contributed by atoms with Crippen LogP contribution in [-0.4, -0.2) is 171 Å². The van der Waals surface area contributed by atoms with E-state index in [0.717, 1.165) is 105 Å². The number of nitrogens with zero attached hydrogens (tertiary/aromatic N) is 10. The largest absolute Gasteiger partial charge is 0.378 e. The molecule has 5 N–H and O–H groups in total. The standard InChI is InChI=1S/C28H30ClN5O2.C27H28ClN5O2.C26H26ClN5O2/c1-33(2)23-12-10-21(24(17-23)28(36)32-26-13-11-22(29)18-31-26)16-25(35)19-6-8-20(9-7-19)27(30)34-14-4-3-5-15-34;1-32(2)22-11-9-20(23(16-22)27(35)31-25-12-10-21(28)17-30-25)15-24(34)18-5-7-19(8-6-18)26(29)33-13-3-4-14-33;1-31(2)21-10-8-19(22(15-21)26(34)30-24-11-9-20(27)16-29-24)14-23(33)17-4-6-18(7-5-17)25-28-12-13-32(25)3/h6-13,17-18,30H,3-5,14-16H2,1-2H3,(H,31,32,36);5-12,16-17,29H,3-4,13-15H2,1-2H3,(H,30,31,35);4-11,15-16H,12-14H2,1-3H3,(H,29,30,34). The quantitative estimate of drug-likeness (QED) is 0.0255. The number of hydrogen-bond acceptors (Lipinski definition) is 16. The SMILES string of the molecule is CN(C)c1ccc(CC(=O)c2ccc(C(=N)N3CCCC3)cc2)c(C(=O)Nc2ccc(Cl)cn2)c1.CN(C)c1ccc(CC(=O)c2ccc(C(=N)N3CCCCC3)cc2)c(C(=O)Nc2ccc(Cl)cn2)c1.CN1CCN=C1c1ccc(C(=O)Cc2ccc(N(C)C)cc2C(=O)Nc2ccc(Cl)cn2)cc1. The highest BCUT2D eigenvalue weighted by molar-refractivity contribution is 6.31. The smallest absolute Gasteiger partial charge is 0.257 e. The molecule has 3 aliphatic rings. The maximum Gasteiger partial charge on any atom is 0.257 e. The Labute approximate surface area is 627 Å². The molecule has 3 amide bonds. The van der Waals surface area contributed by atoms with Crippen LogP contribution in [0.25, 0.3) is 0 Å². The first kappa shape index (κ1) is 76.5. The van der Waals surface area contributed by atoms with E-state index < -0.39 is 0 Å². The zero-order chi connectivity index (χ0) is 74.8. The number of pyridine rings is 3. The number of Topliss-reactive ketones (excluding diaryl/α,β-unsaturated/α-hetero) is 3. The molecule has 21 nitrogen and oxygen atoms in total. The number of hydrogen-bond donors (Lipinski definition) is 5. The third kappa shape index (κ3) is 20.6. The van der Waals surface area contributed by atoms with Crippen LogP contribution in [0.1, 0.15) is 128 Å². The molecule has 6 heterocycles. The number of carbonyl (C=O) groups is 6. The Balaban J connectivity index is 0.000000169. The van der Waals surface area contributed by atoms with Crippen molar-refractivity contribution in [2.75, 3.05) is 119 Å². The van der Waals surface area contributed by atoms with Gasteiger partial charge in [-0.2, -0.15) is 0 Å². The maximum absolute atomic E-state index is 13.2. The van der Waals surface area contributed by atoms with Crippen LogP contribution >= 0.6 is 34.8 Å². The molecule has 540 valence electrons. The first-order chi connectivity index (χ1) is 50.4. The first-order valence-electron chi connectivity index (χ1n) is 34.5. The van der Waals surface area contributed by atoms with Crippen LogP contribution < -0.4 is 30.7 Å². The molecule has 105 heavy (non-hydrogen) atoms. The Hall–Kier alpha value is -11.1. The average molecular weight is 1470 g/mol. The van der Waals surface area contributed by atoms with Gasteiger partial charge >= 0.3 is 0 Å². The summed E-state index contributed by atoms with van der Waals surface area (Å²) in [5.74, 6) is 1.80. The molecule has 0 atom stereocenters. The lowest BCUT2D eigenvalue weighted by Crippen LogP contribution is -2.35. The normalized spacial score (nSPS) is 13.0. The van der Waals surface area contributed by atoms with Crippen molar-refractivity contribution in [3.8, 4) is 0 Å². The zero-order valence-corrected chi connectivity index (χ0v) is 62.0. The van der Waals surface area contributed by atoms with E-state index in [2.05, 4.69) is 50.6 Å². The third-order valence-corrected chi connectivity index (χ3v) is 18.8. The Bertz CT molecular complexity index is 4660. The summed E-state index contributed by atoms with van der Waals surface area (Å²) >= 11 is 17.7. The summed E-state index contributed by atoms with van der Waals surface area (Å²) in [7, 11) is 13.4. The van der Waals surface area contributed by atoms with Gasteiger partial charge < -0.3 is 45.3 Å². The number of ketones is 3. The van der Waals surface area contributed by atoms with Crippen molar-refractivity contribution in [1.82, 2.24) is 29.7 Å². The maximum atomic E-state index is 13.2. The third-order valence-electron chi connectivity index (χ3n) is 18.1. The van der Waals surface area contributed by atoms with Crippen molar-refractivity contribution < 1.29 is 28.8 Å². The van der Waals surface area contributed by atoms with Gasteiger partial charge in [-0.1, -0.05) is 126 Å². The lowest BCUT2D eigenvalue weighted by molar-refractivity contribution is 0.0980. The summed E-state index contributed by atoms with van der Waals surface area (Å²) in [6.45, 7) is 5.29. The molecule has 9 aromatic rings. The van der Waals surface area contributed by atoms with E-state index in [1.165, 1.54) is 25.0 Å². The molecule has 2 fully saturated rings. The Morgan fingerprint density at radius 2 is 0.705 bits per heavy atom. The minimum absolute atomic E-state index is 0.0652. The van der Waals surface area contributed by atoms with E-state index in [1.807, 2.05) is 149 Å². The summed E-state index contributed by atoms with van der Waals surface area (Å²) in [4.78, 5) is 108. The van der Waals surface area contributed by atoms with Crippen LogP contribution in [0.2, 0.25) is 15.1 Å². The van der Waals surface area contributed by atoms with Crippen molar-refractivity contribution in [3.05, 3.63) is 264 Å². The number of benzene rings is 6. The van der Waals surface area contributed by atoms with E-state index >= 15 is 0 Å². The van der Waals surface area contributed by atoms with Crippen molar-refractivity contribution in [2.45, 2.75) is 51.4 Å². The average Bonchev–Trinajstić information content (AvgIpc) is 1.71. The van der Waals surface area contributed by atoms with Crippen LogP contribution in [-0.2, 0) is 19.3 Å². The molecule has 0 radical (unpaired) electrons. The van der Waals surface area contributed by atoms with Gasteiger partial charge in [0, 0.05) is 187 Å². The van der Waals surface area contributed by atoms with Crippen molar-refractivity contribution >= 4 is 122 Å². The fourth-order valence-electron chi connectivity index (χ4n) is 12.1. The Kier molecular flexibility index (Phi) is 26.1. The molecule has 0 spiro atoms. The molecule has 0 aliphatic carbocycles. The van der Waals surface area contributed by atoms with Crippen molar-refractivity contribution in [1.29, 1.82) is 10.8 Å². The highest BCUT2D eigenvalue weighted by Gasteiger charge is 2.24. The number of carbonyl (C=O) groups excluding carboxylic acids is 6. The topological polar surface area (TPSA) is 257 Å². The molecule has 2 saturated heterocycles. The van der Waals surface area contributed by atoms with Gasteiger partial charge in [0.25, 0.3) is 17.7 Å². The number of likely N-dealkylation sites (N-methyl/N-ethyl adjacent to an activating group) is 1. The Morgan fingerprint density at radius 3 is 0.990 bits per heavy atom. The number of nitrogens with one attached hydrogen (secondary N) is 5. The monoisotopic (exact) mass is 1470 g/mol. The fourth-order valence-corrected chi connectivity index (χ4v) is 12.4. The minimum atomic E-state index is -0.347. The van der Waals surface area contributed by atoms with Gasteiger partial charge in [-0.3, -0.25) is 44.6 Å². The van der Waals surface area contributed by atoms with Crippen molar-refractivity contribution in [2.24, 2.45) is 4.99 Å². The number of amides is 3. The fraction of sp³-hybridized carbons (Fsp3) is 0.259. The van der Waals surface area contributed by atoms with Crippen LogP contribution in [0.3, 0.4) is 0 Å². The van der Waals surface area contributed by atoms with Gasteiger partial charge in [0.15, 0.2) is 17.3 Å². The molecule has 3 aliphatic heterocycles. The number of anilines is 6. The highest BCUT2D eigenvalue weighted by Crippen LogP contribution is 2.27. The molecule has 0 saturated carbocycles. The van der Waals surface area contributed by atoms with E-state index in [1.54, 1.807) is 78.9 Å². The molecular weight excluding hydrogens is 1390 g/mol. The summed E-state index contributed by atoms with van der Waals surface area (Å²) < 4.78 is 0. The summed E-state index contributed by atoms with van der Waals surface area (Å²) in [5, 5.41) is 26.7. The Morgan fingerprint density at radius 1 is 0.400 bits per heavy atom. The van der Waals surface area contributed by atoms with Crippen LogP contribution in [0.5, 0.6) is 0 Å². The van der Waals surface area contributed by atoms with Crippen LogP contribution in [0.15, 0.2) is 187 Å². The number of rotatable bonds is 21. The van der Waals surface area contributed by atoms with Gasteiger partial charge in [-0.05, 0) is 122 Å².